The Hall–Kier alpha value is -1.55. The van der Waals surface area contributed by atoms with Crippen LogP contribution in [-0.4, -0.2) is 24.8 Å². The summed E-state index contributed by atoms with van der Waals surface area (Å²) < 4.78 is 10.5. The van der Waals surface area contributed by atoms with E-state index >= 15 is 0 Å². The van der Waals surface area contributed by atoms with Gasteiger partial charge in [0.1, 0.15) is 11.4 Å². The second-order valence-corrected chi connectivity index (χ2v) is 5.95. The highest BCUT2D eigenvalue weighted by molar-refractivity contribution is 5.79. The van der Waals surface area contributed by atoms with E-state index in [-0.39, 0.29) is 5.97 Å². The molecule has 1 aromatic rings. The highest BCUT2D eigenvalue weighted by Gasteiger charge is 2.57. The van der Waals surface area contributed by atoms with E-state index in [1.807, 2.05) is 25.1 Å². The van der Waals surface area contributed by atoms with Crippen molar-refractivity contribution in [3.63, 3.8) is 0 Å². The molecule has 0 radical (unpaired) electrons. The predicted octanol–water partition coefficient (Wildman–Crippen LogP) is 2.94. The van der Waals surface area contributed by atoms with Crippen LogP contribution >= 0.6 is 0 Å². The fourth-order valence-electron chi connectivity index (χ4n) is 3.34. The molecule has 1 aliphatic rings. The molecule has 116 valence electrons. The van der Waals surface area contributed by atoms with Gasteiger partial charge in [-0.1, -0.05) is 6.07 Å². The first-order chi connectivity index (χ1) is 9.89. The van der Waals surface area contributed by atoms with Crippen LogP contribution in [0.4, 0.5) is 0 Å². The van der Waals surface area contributed by atoms with Crippen LogP contribution < -0.4 is 4.74 Å². The van der Waals surface area contributed by atoms with E-state index in [4.69, 9.17) is 9.47 Å². The number of hydrogen-bond donors (Lipinski definition) is 1. The van der Waals surface area contributed by atoms with Crippen molar-refractivity contribution in [2.45, 2.75) is 45.6 Å². The lowest BCUT2D eigenvalue weighted by Gasteiger charge is -2.38. The van der Waals surface area contributed by atoms with Crippen molar-refractivity contribution in [3.8, 4) is 5.75 Å². The summed E-state index contributed by atoms with van der Waals surface area (Å²) in [5, 5.41) is 11.2. The van der Waals surface area contributed by atoms with Crippen molar-refractivity contribution in [1.29, 1.82) is 0 Å². The van der Waals surface area contributed by atoms with Crippen LogP contribution in [-0.2, 0) is 15.1 Å². The lowest BCUT2D eigenvalue weighted by Crippen LogP contribution is -2.46. The fraction of sp³-hybridized carbons (Fsp3) is 0.588. The van der Waals surface area contributed by atoms with E-state index in [1.165, 1.54) is 0 Å². The molecule has 0 amide bonds. The zero-order chi connectivity index (χ0) is 15.7. The normalized spacial score (nSPS) is 28.4. The first-order valence-corrected chi connectivity index (χ1v) is 7.44. The molecule has 0 heterocycles. The third kappa shape index (κ3) is 2.42. The summed E-state index contributed by atoms with van der Waals surface area (Å²) >= 11 is 0. The number of methoxy groups -OCH3 is 1. The molecule has 1 N–H and O–H groups in total. The molecule has 1 aliphatic carbocycles. The van der Waals surface area contributed by atoms with E-state index in [2.05, 4.69) is 0 Å². The summed E-state index contributed by atoms with van der Waals surface area (Å²) in [4.78, 5) is 12.4. The number of rotatable bonds is 4. The smallest absolute Gasteiger partial charge is 0.315 e. The molecular weight excluding hydrogens is 268 g/mol. The zero-order valence-corrected chi connectivity index (χ0v) is 13.2. The van der Waals surface area contributed by atoms with Gasteiger partial charge in [0.2, 0.25) is 0 Å². The Morgan fingerprint density at radius 2 is 2.10 bits per heavy atom. The Kier molecular flexibility index (Phi) is 4.28. The number of esters is 1. The third-order valence-electron chi connectivity index (χ3n) is 4.73. The van der Waals surface area contributed by atoms with Gasteiger partial charge in [-0.2, -0.15) is 0 Å². The maximum atomic E-state index is 12.4. The highest BCUT2D eigenvalue weighted by atomic mass is 16.5. The number of benzene rings is 1. The summed E-state index contributed by atoms with van der Waals surface area (Å²) in [6.45, 7) is 5.85. The standard InChI is InChI=1S/C17H24O4/c1-5-21-15(18)16(3)9-6-10-17(16,19)13-7-8-14(20-4)12(2)11-13/h7-8,11,19H,5-6,9-10H2,1-4H3/t16-,17-/m0/s1. The van der Waals surface area contributed by atoms with Crippen LogP contribution in [0.2, 0.25) is 0 Å². The summed E-state index contributed by atoms with van der Waals surface area (Å²) in [7, 11) is 1.62. The fourth-order valence-corrected chi connectivity index (χ4v) is 3.34. The van der Waals surface area contributed by atoms with Gasteiger partial charge in [-0.25, -0.2) is 0 Å². The first kappa shape index (κ1) is 15.8. The van der Waals surface area contributed by atoms with Gasteiger partial charge in [-0.05, 0) is 63.3 Å². The first-order valence-electron chi connectivity index (χ1n) is 7.44. The Morgan fingerprint density at radius 3 is 2.67 bits per heavy atom. The van der Waals surface area contributed by atoms with Crippen LogP contribution in [0.1, 0.15) is 44.2 Å². The van der Waals surface area contributed by atoms with Crippen molar-refractivity contribution < 1.29 is 19.4 Å². The molecule has 0 saturated heterocycles. The predicted molar refractivity (Wildman–Crippen MR) is 80.2 cm³/mol. The molecule has 0 bridgehead atoms. The van der Waals surface area contributed by atoms with Crippen LogP contribution in [0.15, 0.2) is 18.2 Å². The van der Waals surface area contributed by atoms with E-state index in [0.29, 0.717) is 19.4 Å². The minimum absolute atomic E-state index is 0.321. The number of ether oxygens (including phenoxy) is 2. The molecule has 0 aliphatic heterocycles. The molecule has 1 fully saturated rings. The van der Waals surface area contributed by atoms with Crippen LogP contribution in [0, 0.1) is 12.3 Å². The summed E-state index contributed by atoms with van der Waals surface area (Å²) in [6.07, 6.45) is 2.00. The molecular formula is C17H24O4. The summed E-state index contributed by atoms with van der Waals surface area (Å²) in [5.74, 6) is 0.455. The van der Waals surface area contributed by atoms with Crippen molar-refractivity contribution in [1.82, 2.24) is 0 Å². The monoisotopic (exact) mass is 292 g/mol. The molecule has 0 unspecified atom stereocenters. The Balaban J connectivity index is 2.44. The number of carbonyl (C=O) groups excluding carboxylic acids is 1. The summed E-state index contributed by atoms with van der Waals surface area (Å²) in [6, 6.07) is 5.59. The maximum Gasteiger partial charge on any atom is 0.315 e. The maximum absolute atomic E-state index is 12.4. The van der Waals surface area contributed by atoms with Gasteiger partial charge >= 0.3 is 5.97 Å². The SMILES string of the molecule is CCOC(=O)[C@]1(C)CCC[C@]1(O)c1ccc(OC)c(C)c1. The minimum atomic E-state index is -1.18. The number of hydrogen-bond acceptors (Lipinski definition) is 4. The molecule has 1 saturated carbocycles. The molecule has 0 aromatic heterocycles. The van der Waals surface area contributed by atoms with Crippen LogP contribution in [0.5, 0.6) is 5.75 Å². The van der Waals surface area contributed by atoms with E-state index < -0.39 is 11.0 Å². The van der Waals surface area contributed by atoms with E-state index in [0.717, 1.165) is 23.3 Å². The van der Waals surface area contributed by atoms with Gasteiger partial charge < -0.3 is 14.6 Å². The Morgan fingerprint density at radius 1 is 1.38 bits per heavy atom. The van der Waals surface area contributed by atoms with Gasteiger partial charge in [0.05, 0.1) is 19.1 Å². The summed E-state index contributed by atoms with van der Waals surface area (Å²) in [5.41, 5.74) is -0.379. The average molecular weight is 292 g/mol. The average Bonchev–Trinajstić information content (AvgIpc) is 2.77. The van der Waals surface area contributed by atoms with Gasteiger partial charge in [0, 0.05) is 0 Å². The van der Waals surface area contributed by atoms with Crippen molar-refractivity contribution in [2.75, 3.05) is 13.7 Å². The van der Waals surface area contributed by atoms with Crippen molar-refractivity contribution >= 4 is 5.97 Å². The van der Waals surface area contributed by atoms with Gasteiger partial charge in [0.15, 0.2) is 0 Å². The van der Waals surface area contributed by atoms with Gasteiger partial charge in [-0.3, -0.25) is 4.79 Å². The lowest BCUT2D eigenvalue weighted by molar-refractivity contribution is -0.170. The zero-order valence-electron chi connectivity index (χ0n) is 13.2. The Labute approximate surface area is 126 Å². The van der Waals surface area contributed by atoms with E-state index in [1.54, 1.807) is 21.0 Å². The second kappa shape index (κ2) is 5.68. The van der Waals surface area contributed by atoms with Crippen LogP contribution in [0.25, 0.3) is 0 Å². The minimum Gasteiger partial charge on any atom is -0.496 e. The molecule has 2 atom stereocenters. The number of aryl methyl sites for hydroxylation is 1. The van der Waals surface area contributed by atoms with Crippen molar-refractivity contribution in [2.24, 2.45) is 5.41 Å². The molecule has 2 rings (SSSR count). The molecule has 4 nitrogen and oxygen atoms in total. The topological polar surface area (TPSA) is 55.8 Å². The molecule has 4 heteroatoms. The molecule has 21 heavy (non-hydrogen) atoms. The number of carbonyl (C=O) groups is 1. The van der Waals surface area contributed by atoms with Gasteiger partial charge in [-0.15, -0.1) is 0 Å². The largest absolute Gasteiger partial charge is 0.496 e. The number of aliphatic hydroxyl groups is 1. The second-order valence-electron chi connectivity index (χ2n) is 5.95. The quantitative estimate of drug-likeness (QED) is 0.867. The highest BCUT2D eigenvalue weighted by Crippen LogP contribution is 2.53. The Bertz CT molecular complexity index is 540. The van der Waals surface area contributed by atoms with Gasteiger partial charge in [0.25, 0.3) is 0 Å². The lowest BCUT2D eigenvalue weighted by atomic mass is 9.71. The molecule has 0 spiro atoms. The van der Waals surface area contributed by atoms with E-state index in [9.17, 15) is 9.90 Å². The van der Waals surface area contributed by atoms with Crippen LogP contribution in [0.3, 0.4) is 0 Å². The van der Waals surface area contributed by atoms with Crippen molar-refractivity contribution in [3.05, 3.63) is 29.3 Å². The molecule has 1 aromatic carbocycles. The third-order valence-corrected chi connectivity index (χ3v) is 4.73.